The molecule has 0 bridgehead atoms. The van der Waals surface area contributed by atoms with E-state index < -0.39 is 23.3 Å². The van der Waals surface area contributed by atoms with Crippen molar-refractivity contribution in [2.75, 3.05) is 0 Å². The molecule has 1 heterocycles. The number of carboxylic acids is 1. The molecule has 1 aliphatic carbocycles. The summed E-state index contributed by atoms with van der Waals surface area (Å²) in [7, 11) is 0. The Morgan fingerprint density at radius 2 is 2.06 bits per heavy atom. The van der Waals surface area contributed by atoms with Gasteiger partial charge in [-0.3, -0.25) is 4.79 Å². The summed E-state index contributed by atoms with van der Waals surface area (Å²) >= 11 is 0. The van der Waals surface area contributed by atoms with Crippen LogP contribution in [0.25, 0.3) is 0 Å². The van der Waals surface area contributed by atoms with Gasteiger partial charge in [0, 0.05) is 6.04 Å². The summed E-state index contributed by atoms with van der Waals surface area (Å²) in [6.07, 6.45) is -4.43. The minimum atomic E-state index is -4.61. The molecule has 1 aromatic heterocycles. The van der Waals surface area contributed by atoms with Crippen molar-refractivity contribution in [3.8, 4) is 0 Å². The number of carbonyl (C=O) groups is 1. The van der Waals surface area contributed by atoms with Crippen LogP contribution in [0.4, 0.5) is 13.2 Å². The quantitative estimate of drug-likeness (QED) is 0.837. The molecule has 0 amide bonds. The number of furan rings is 1. The van der Waals surface area contributed by atoms with Crippen LogP contribution in [0.1, 0.15) is 24.4 Å². The molecule has 94 valence electrons. The first-order valence-electron chi connectivity index (χ1n) is 4.92. The van der Waals surface area contributed by atoms with E-state index in [-0.39, 0.29) is 24.6 Å². The average molecular weight is 249 g/mol. The third-order valence-electron chi connectivity index (χ3n) is 2.99. The van der Waals surface area contributed by atoms with Gasteiger partial charge in [-0.2, -0.15) is 13.2 Å². The van der Waals surface area contributed by atoms with E-state index in [9.17, 15) is 18.0 Å². The molecule has 17 heavy (non-hydrogen) atoms. The van der Waals surface area contributed by atoms with Gasteiger partial charge in [0.2, 0.25) is 5.76 Å². The zero-order valence-electron chi connectivity index (χ0n) is 8.62. The number of halogens is 3. The number of hydrogen-bond acceptors (Lipinski definition) is 3. The van der Waals surface area contributed by atoms with Crippen LogP contribution in [-0.2, 0) is 16.4 Å². The number of carboxylic acid groups (broad SMARTS) is 1. The summed E-state index contributed by atoms with van der Waals surface area (Å²) in [4.78, 5) is 11.1. The van der Waals surface area contributed by atoms with E-state index in [0.29, 0.717) is 0 Å². The van der Waals surface area contributed by atoms with Crippen LogP contribution in [-0.4, -0.2) is 17.1 Å². The fourth-order valence-electron chi connectivity index (χ4n) is 2.06. The van der Waals surface area contributed by atoms with Crippen molar-refractivity contribution in [3.05, 3.63) is 23.7 Å². The molecule has 0 radical (unpaired) electrons. The van der Waals surface area contributed by atoms with E-state index in [4.69, 9.17) is 10.8 Å². The minimum absolute atomic E-state index is 0.0904. The van der Waals surface area contributed by atoms with Gasteiger partial charge in [-0.05, 0) is 25.0 Å². The minimum Gasteiger partial charge on any atom is -0.480 e. The maximum absolute atomic E-state index is 12.3. The summed E-state index contributed by atoms with van der Waals surface area (Å²) in [5.41, 5.74) is 4.09. The van der Waals surface area contributed by atoms with E-state index in [2.05, 4.69) is 4.42 Å². The van der Waals surface area contributed by atoms with Crippen LogP contribution in [0, 0.1) is 0 Å². The van der Waals surface area contributed by atoms with Gasteiger partial charge < -0.3 is 15.3 Å². The van der Waals surface area contributed by atoms with E-state index in [0.717, 1.165) is 12.1 Å². The van der Waals surface area contributed by atoms with Crippen molar-refractivity contribution >= 4 is 5.97 Å². The van der Waals surface area contributed by atoms with Gasteiger partial charge in [0.05, 0.1) is 0 Å². The fourth-order valence-corrected chi connectivity index (χ4v) is 2.06. The van der Waals surface area contributed by atoms with Gasteiger partial charge in [-0.25, -0.2) is 0 Å². The zero-order valence-corrected chi connectivity index (χ0v) is 8.62. The largest absolute Gasteiger partial charge is 0.480 e. The van der Waals surface area contributed by atoms with Crippen LogP contribution in [0.2, 0.25) is 0 Å². The molecular weight excluding hydrogens is 239 g/mol. The molecule has 1 aliphatic rings. The Balaban J connectivity index is 2.34. The first-order valence-corrected chi connectivity index (χ1v) is 4.92. The second-order valence-electron chi connectivity index (χ2n) is 4.22. The summed E-state index contributed by atoms with van der Waals surface area (Å²) in [5.74, 6) is -2.57. The molecule has 1 aromatic rings. The number of nitrogens with two attached hydrogens (primary N) is 1. The first-order chi connectivity index (χ1) is 7.75. The van der Waals surface area contributed by atoms with Gasteiger partial charge in [0.1, 0.15) is 11.2 Å². The van der Waals surface area contributed by atoms with Crippen molar-refractivity contribution in [1.82, 2.24) is 0 Å². The Kier molecular flexibility index (Phi) is 2.46. The highest BCUT2D eigenvalue weighted by molar-refractivity contribution is 5.82. The highest BCUT2D eigenvalue weighted by atomic mass is 19.4. The topological polar surface area (TPSA) is 76.5 Å². The summed E-state index contributed by atoms with van der Waals surface area (Å²) in [5, 5.41) is 9.07. The maximum atomic E-state index is 12.3. The molecule has 3 N–H and O–H groups in total. The Labute approximate surface area is 94.2 Å². The molecule has 0 atom stereocenters. The predicted octanol–water partition coefficient (Wildman–Crippen LogP) is 1.74. The predicted molar refractivity (Wildman–Crippen MR) is 50.2 cm³/mol. The molecule has 0 aromatic carbocycles. The van der Waals surface area contributed by atoms with Gasteiger partial charge >= 0.3 is 12.1 Å². The number of alkyl halides is 3. The molecule has 0 saturated heterocycles. The van der Waals surface area contributed by atoms with Gasteiger partial charge in [-0.15, -0.1) is 0 Å². The molecule has 2 rings (SSSR count). The summed E-state index contributed by atoms with van der Waals surface area (Å²) in [6, 6.07) is 1.48. The van der Waals surface area contributed by atoms with Crippen molar-refractivity contribution in [2.45, 2.75) is 30.5 Å². The molecule has 7 heteroatoms. The Morgan fingerprint density at radius 3 is 2.41 bits per heavy atom. The normalized spacial score (nSPS) is 28.8. The summed E-state index contributed by atoms with van der Waals surface area (Å²) < 4.78 is 41.6. The lowest BCUT2D eigenvalue weighted by Gasteiger charge is -2.40. The third-order valence-corrected chi connectivity index (χ3v) is 2.99. The van der Waals surface area contributed by atoms with Gasteiger partial charge in [0.15, 0.2) is 0 Å². The molecule has 0 aliphatic heterocycles. The zero-order chi connectivity index (χ0) is 12.8. The molecule has 1 saturated carbocycles. The highest BCUT2D eigenvalue weighted by Crippen LogP contribution is 2.45. The smallest absolute Gasteiger partial charge is 0.449 e. The Hall–Kier alpha value is -1.50. The fraction of sp³-hybridized carbons (Fsp3) is 0.500. The standard InChI is InChI=1S/C10H10F3NO3/c11-10(12,13)7-2-1-6(17-7)9(8(15)16)3-5(14)4-9/h1-2,5H,3-4,14H2,(H,15,16). The van der Waals surface area contributed by atoms with Crippen LogP contribution in [0.5, 0.6) is 0 Å². The second kappa shape index (κ2) is 3.49. The monoisotopic (exact) mass is 249 g/mol. The van der Waals surface area contributed by atoms with Crippen LogP contribution in [0.15, 0.2) is 16.5 Å². The van der Waals surface area contributed by atoms with E-state index in [1.807, 2.05) is 0 Å². The SMILES string of the molecule is NC1CC(C(=O)O)(c2ccc(C(F)(F)F)o2)C1. The lowest BCUT2D eigenvalue weighted by Crippen LogP contribution is -2.53. The van der Waals surface area contributed by atoms with E-state index >= 15 is 0 Å². The highest BCUT2D eigenvalue weighted by Gasteiger charge is 2.53. The van der Waals surface area contributed by atoms with Crippen molar-refractivity contribution in [2.24, 2.45) is 5.73 Å². The van der Waals surface area contributed by atoms with E-state index in [1.54, 1.807) is 0 Å². The Morgan fingerprint density at radius 1 is 1.47 bits per heavy atom. The van der Waals surface area contributed by atoms with Crippen molar-refractivity contribution < 1.29 is 27.5 Å². The average Bonchev–Trinajstić information content (AvgIpc) is 2.59. The lowest BCUT2D eigenvalue weighted by molar-refractivity contribution is -0.157. The summed E-state index contributed by atoms with van der Waals surface area (Å²) in [6.45, 7) is 0. The van der Waals surface area contributed by atoms with E-state index in [1.165, 1.54) is 0 Å². The van der Waals surface area contributed by atoms with Crippen LogP contribution < -0.4 is 5.73 Å². The van der Waals surface area contributed by atoms with Crippen LogP contribution >= 0.6 is 0 Å². The molecule has 0 spiro atoms. The number of rotatable bonds is 2. The lowest BCUT2D eigenvalue weighted by atomic mass is 9.64. The van der Waals surface area contributed by atoms with Crippen LogP contribution in [0.3, 0.4) is 0 Å². The van der Waals surface area contributed by atoms with Gasteiger partial charge in [0.25, 0.3) is 0 Å². The number of aliphatic carboxylic acids is 1. The van der Waals surface area contributed by atoms with Gasteiger partial charge in [-0.1, -0.05) is 0 Å². The molecule has 0 unspecified atom stereocenters. The molecular formula is C10H10F3NO3. The molecule has 1 fully saturated rings. The maximum Gasteiger partial charge on any atom is 0.449 e. The number of hydrogen-bond donors (Lipinski definition) is 2. The molecule has 4 nitrogen and oxygen atoms in total. The third kappa shape index (κ3) is 1.80. The first kappa shape index (κ1) is 12.0. The second-order valence-corrected chi connectivity index (χ2v) is 4.22. The Bertz CT molecular complexity index is 446. The van der Waals surface area contributed by atoms with Crippen molar-refractivity contribution in [1.29, 1.82) is 0 Å². The van der Waals surface area contributed by atoms with Crippen molar-refractivity contribution in [3.63, 3.8) is 0 Å².